The van der Waals surface area contributed by atoms with Gasteiger partial charge in [-0.2, -0.15) is 0 Å². The topological polar surface area (TPSA) is 104 Å². The summed E-state index contributed by atoms with van der Waals surface area (Å²) in [5, 5.41) is 19.4. The first-order valence-corrected chi connectivity index (χ1v) is 5.39. The van der Waals surface area contributed by atoms with Gasteiger partial charge >= 0.3 is 11.9 Å². The monoisotopic (exact) mass is 243 g/mol. The molecule has 0 saturated heterocycles. The fourth-order valence-corrected chi connectivity index (χ4v) is 1.10. The van der Waals surface area contributed by atoms with E-state index in [0.717, 1.165) is 12.8 Å². The third kappa shape index (κ3) is 8.01. The van der Waals surface area contributed by atoms with Gasteiger partial charge in [-0.15, -0.1) is 0 Å². The first-order chi connectivity index (χ1) is 7.97. The zero-order chi connectivity index (χ0) is 13.3. The molecule has 0 heterocycles. The zero-order valence-corrected chi connectivity index (χ0v) is 9.68. The molecule has 0 aromatic carbocycles. The van der Waals surface area contributed by atoms with Gasteiger partial charge in [0.15, 0.2) is 0 Å². The molecule has 6 heteroatoms. The fraction of sp³-hybridized carbons (Fsp3) is 0.545. The number of amides is 1. The molecule has 0 bridgehead atoms. The van der Waals surface area contributed by atoms with Crippen LogP contribution in [-0.2, 0) is 14.4 Å². The van der Waals surface area contributed by atoms with Crippen LogP contribution in [0.5, 0.6) is 0 Å². The third-order valence-electron chi connectivity index (χ3n) is 1.99. The van der Waals surface area contributed by atoms with Crippen molar-refractivity contribution in [3.63, 3.8) is 0 Å². The van der Waals surface area contributed by atoms with Crippen LogP contribution in [0.2, 0.25) is 0 Å². The highest BCUT2D eigenvalue weighted by Crippen LogP contribution is 1.98. The van der Waals surface area contributed by atoms with Crippen molar-refractivity contribution in [1.29, 1.82) is 0 Å². The van der Waals surface area contributed by atoms with Gasteiger partial charge in [0, 0.05) is 6.42 Å². The predicted octanol–water partition coefficient (Wildman–Crippen LogP) is 0.777. The van der Waals surface area contributed by atoms with Crippen LogP contribution >= 0.6 is 0 Å². The molecule has 96 valence electrons. The standard InChI is InChI=1S/C11H17NO5/c1-2-3-4-5-9(13)12-8(11(16)17)6-7-10(14)15/h4-5,8H,2-3,6-7H2,1H3,(H,12,13)(H,14,15)(H,16,17)/b5-4+. The van der Waals surface area contributed by atoms with E-state index in [4.69, 9.17) is 10.2 Å². The molecule has 3 N–H and O–H groups in total. The maximum Gasteiger partial charge on any atom is 0.326 e. The SMILES string of the molecule is CCC/C=C/C(=O)NC(CCC(=O)O)C(=O)O. The van der Waals surface area contributed by atoms with E-state index in [-0.39, 0.29) is 12.8 Å². The second-order valence-electron chi connectivity index (χ2n) is 3.52. The number of unbranched alkanes of at least 4 members (excludes halogenated alkanes) is 1. The van der Waals surface area contributed by atoms with Crippen molar-refractivity contribution in [2.24, 2.45) is 0 Å². The molecule has 1 unspecified atom stereocenters. The van der Waals surface area contributed by atoms with Crippen molar-refractivity contribution in [2.75, 3.05) is 0 Å². The van der Waals surface area contributed by atoms with Crippen LogP contribution in [0, 0.1) is 0 Å². The molecule has 0 spiro atoms. The first-order valence-electron chi connectivity index (χ1n) is 5.39. The number of rotatable bonds is 8. The lowest BCUT2D eigenvalue weighted by Gasteiger charge is -2.11. The van der Waals surface area contributed by atoms with Gasteiger partial charge in [0.05, 0.1) is 0 Å². The average Bonchev–Trinajstić information content (AvgIpc) is 2.23. The van der Waals surface area contributed by atoms with Gasteiger partial charge in [-0.25, -0.2) is 4.79 Å². The van der Waals surface area contributed by atoms with Gasteiger partial charge in [0.2, 0.25) is 5.91 Å². The smallest absolute Gasteiger partial charge is 0.326 e. The molecule has 6 nitrogen and oxygen atoms in total. The van der Waals surface area contributed by atoms with Crippen LogP contribution in [0.15, 0.2) is 12.2 Å². The quantitative estimate of drug-likeness (QED) is 0.546. The highest BCUT2D eigenvalue weighted by molar-refractivity contribution is 5.91. The van der Waals surface area contributed by atoms with Crippen LogP contribution in [0.1, 0.15) is 32.6 Å². The average molecular weight is 243 g/mol. The Bertz CT molecular complexity index is 311. The number of carbonyl (C=O) groups is 3. The van der Waals surface area contributed by atoms with Crippen LogP contribution in [0.3, 0.4) is 0 Å². The number of aliphatic carboxylic acids is 2. The van der Waals surface area contributed by atoms with E-state index in [2.05, 4.69) is 5.32 Å². The summed E-state index contributed by atoms with van der Waals surface area (Å²) in [6.45, 7) is 1.95. The lowest BCUT2D eigenvalue weighted by atomic mass is 10.1. The molecule has 0 aliphatic carbocycles. The van der Waals surface area contributed by atoms with Crippen molar-refractivity contribution in [3.8, 4) is 0 Å². The van der Waals surface area contributed by atoms with Gasteiger partial charge in [0.1, 0.15) is 6.04 Å². The molecule has 0 saturated carbocycles. The van der Waals surface area contributed by atoms with Gasteiger partial charge < -0.3 is 15.5 Å². The molecule has 1 amide bonds. The van der Waals surface area contributed by atoms with Gasteiger partial charge in [0.25, 0.3) is 0 Å². The highest BCUT2D eigenvalue weighted by atomic mass is 16.4. The van der Waals surface area contributed by atoms with Crippen molar-refractivity contribution in [2.45, 2.75) is 38.6 Å². The summed E-state index contributed by atoms with van der Waals surface area (Å²) < 4.78 is 0. The van der Waals surface area contributed by atoms with E-state index < -0.39 is 23.9 Å². The number of hydrogen-bond acceptors (Lipinski definition) is 3. The molecule has 0 aromatic heterocycles. The van der Waals surface area contributed by atoms with Crippen LogP contribution < -0.4 is 5.32 Å². The molecule has 0 aromatic rings. The van der Waals surface area contributed by atoms with Gasteiger partial charge in [-0.1, -0.05) is 19.4 Å². The largest absolute Gasteiger partial charge is 0.481 e. The molecular formula is C11H17NO5. The Morgan fingerprint density at radius 3 is 2.41 bits per heavy atom. The molecule has 0 aliphatic heterocycles. The lowest BCUT2D eigenvalue weighted by molar-refractivity contribution is -0.142. The van der Waals surface area contributed by atoms with Crippen molar-refractivity contribution < 1.29 is 24.6 Å². The maximum atomic E-state index is 11.3. The zero-order valence-electron chi connectivity index (χ0n) is 9.68. The second kappa shape index (κ2) is 8.32. The third-order valence-corrected chi connectivity index (χ3v) is 1.99. The van der Waals surface area contributed by atoms with E-state index in [1.165, 1.54) is 6.08 Å². The van der Waals surface area contributed by atoms with E-state index in [0.29, 0.717) is 0 Å². The molecule has 0 fully saturated rings. The van der Waals surface area contributed by atoms with Crippen LogP contribution in [-0.4, -0.2) is 34.1 Å². The Morgan fingerprint density at radius 2 is 1.94 bits per heavy atom. The minimum Gasteiger partial charge on any atom is -0.481 e. The van der Waals surface area contributed by atoms with Crippen molar-refractivity contribution in [3.05, 3.63) is 12.2 Å². The Kier molecular flexibility index (Phi) is 7.41. The molecular weight excluding hydrogens is 226 g/mol. The van der Waals surface area contributed by atoms with Crippen molar-refractivity contribution in [1.82, 2.24) is 5.32 Å². The number of carboxylic acids is 2. The molecule has 1 atom stereocenters. The number of carbonyl (C=O) groups excluding carboxylic acids is 1. The van der Waals surface area contributed by atoms with Crippen LogP contribution in [0.25, 0.3) is 0 Å². The summed E-state index contributed by atoms with van der Waals surface area (Å²) >= 11 is 0. The Hall–Kier alpha value is -1.85. The number of hydrogen-bond donors (Lipinski definition) is 3. The fourth-order valence-electron chi connectivity index (χ4n) is 1.10. The van der Waals surface area contributed by atoms with E-state index in [1.807, 2.05) is 6.92 Å². The van der Waals surface area contributed by atoms with E-state index >= 15 is 0 Å². The lowest BCUT2D eigenvalue weighted by Crippen LogP contribution is -2.40. The minimum absolute atomic E-state index is 0.127. The summed E-state index contributed by atoms with van der Waals surface area (Å²) in [5.74, 6) is -2.84. The summed E-state index contributed by atoms with van der Waals surface area (Å²) in [7, 11) is 0. The molecule has 0 rings (SSSR count). The van der Waals surface area contributed by atoms with Crippen LogP contribution in [0.4, 0.5) is 0 Å². The Labute approximate surface area is 99.3 Å². The summed E-state index contributed by atoms with van der Waals surface area (Å²) in [4.78, 5) is 32.3. The van der Waals surface area contributed by atoms with E-state index in [9.17, 15) is 14.4 Å². The molecule has 0 aliphatic rings. The van der Waals surface area contributed by atoms with Gasteiger partial charge in [-0.3, -0.25) is 9.59 Å². The van der Waals surface area contributed by atoms with Crippen molar-refractivity contribution >= 4 is 17.8 Å². The van der Waals surface area contributed by atoms with E-state index in [1.54, 1.807) is 6.08 Å². The number of allylic oxidation sites excluding steroid dienone is 1. The summed E-state index contributed by atoms with van der Waals surface area (Å²) in [6, 6.07) is -1.16. The number of nitrogens with one attached hydrogen (secondary N) is 1. The Balaban J connectivity index is 4.20. The summed E-state index contributed by atoms with van der Waals surface area (Å²) in [6.07, 6.45) is 4.12. The Morgan fingerprint density at radius 1 is 1.29 bits per heavy atom. The highest BCUT2D eigenvalue weighted by Gasteiger charge is 2.19. The number of carboxylic acid groups (broad SMARTS) is 2. The molecule has 0 radical (unpaired) electrons. The minimum atomic E-state index is -1.23. The maximum absolute atomic E-state index is 11.3. The predicted molar refractivity (Wildman–Crippen MR) is 60.5 cm³/mol. The first kappa shape index (κ1) is 15.2. The normalized spacial score (nSPS) is 12.3. The second-order valence-corrected chi connectivity index (χ2v) is 3.52. The summed E-state index contributed by atoms with van der Waals surface area (Å²) in [5.41, 5.74) is 0. The molecule has 17 heavy (non-hydrogen) atoms. The van der Waals surface area contributed by atoms with Gasteiger partial charge in [-0.05, 0) is 18.9 Å².